The number of benzene rings is 2. The summed E-state index contributed by atoms with van der Waals surface area (Å²) in [6.07, 6.45) is 0. The van der Waals surface area contributed by atoms with E-state index in [1.165, 1.54) is 30.0 Å². The van der Waals surface area contributed by atoms with Crippen molar-refractivity contribution >= 4 is 46.6 Å². The van der Waals surface area contributed by atoms with E-state index in [0.29, 0.717) is 26.8 Å². The van der Waals surface area contributed by atoms with E-state index < -0.39 is 5.82 Å². The lowest BCUT2D eigenvalue weighted by Crippen LogP contribution is -2.15. The van der Waals surface area contributed by atoms with Crippen molar-refractivity contribution in [1.29, 1.82) is 0 Å². The van der Waals surface area contributed by atoms with E-state index in [2.05, 4.69) is 15.5 Å². The van der Waals surface area contributed by atoms with Crippen molar-refractivity contribution in [2.24, 2.45) is 7.05 Å². The maximum atomic E-state index is 13.7. The SMILES string of the molecule is Cn1c(COc2ccccc2Cl)nnc1SCC(=O)Nc1cc(Cl)ccc1F. The summed E-state index contributed by atoms with van der Waals surface area (Å²) in [6, 6.07) is 11.1. The standard InChI is InChI=1S/C18H15Cl2FN4O2S/c1-25-16(9-27-15-5-3-2-4-12(15)20)23-24-18(25)28-10-17(26)22-14-8-11(19)6-7-13(14)21/h2-8H,9-10H2,1H3,(H,22,26). The van der Waals surface area contributed by atoms with Gasteiger partial charge in [0.2, 0.25) is 5.91 Å². The van der Waals surface area contributed by atoms with Gasteiger partial charge in [0.05, 0.1) is 16.5 Å². The van der Waals surface area contributed by atoms with E-state index in [1.54, 1.807) is 23.7 Å². The summed E-state index contributed by atoms with van der Waals surface area (Å²) in [4.78, 5) is 12.1. The number of ether oxygens (including phenoxy) is 1. The van der Waals surface area contributed by atoms with Crippen LogP contribution >= 0.6 is 35.0 Å². The second kappa shape index (κ2) is 9.27. The van der Waals surface area contributed by atoms with Gasteiger partial charge in [-0.3, -0.25) is 4.79 Å². The third-order valence-corrected chi connectivity index (χ3v) is 5.22. The van der Waals surface area contributed by atoms with Crippen molar-refractivity contribution in [2.75, 3.05) is 11.1 Å². The van der Waals surface area contributed by atoms with Gasteiger partial charge >= 0.3 is 0 Å². The molecular weight excluding hydrogens is 426 g/mol. The van der Waals surface area contributed by atoms with Crippen molar-refractivity contribution < 1.29 is 13.9 Å². The van der Waals surface area contributed by atoms with Crippen LogP contribution in [0.1, 0.15) is 5.82 Å². The minimum atomic E-state index is -0.555. The van der Waals surface area contributed by atoms with Crippen LogP contribution in [0.2, 0.25) is 10.0 Å². The smallest absolute Gasteiger partial charge is 0.234 e. The Kier molecular flexibility index (Phi) is 6.77. The zero-order valence-corrected chi connectivity index (χ0v) is 17.0. The number of halogens is 3. The van der Waals surface area contributed by atoms with Crippen molar-refractivity contribution in [3.05, 3.63) is 64.2 Å². The van der Waals surface area contributed by atoms with Crippen molar-refractivity contribution in [2.45, 2.75) is 11.8 Å². The number of carbonyl (C=O) groups is 1. The lowest BCUT2D eigenvalue weighted by molar-refractivity contribution is -0.113. The minimum Gasteiger partial charge on any atom is -0.484 e. The molecule has 0 atom stereocenters. The number of aromatic nitrogens is 3. The number of carbonyl (C=O) groups excluding carboxylic acids is 1. The quantitative estimate of drug-likeness (QED) is 0.544. The first kappa shape index (κ1) is 20.4. The topological polar surface area (TPSA) is 69.0 Å². The Morgan fingerprint density at radius 3 is 2.82 bits per heavy atom. The molecule has 0 aliphatic heterocycles. The molecule has 1 heterocycles. The Hall–Kier alpha value is -2.29. The summed E-state index contributed by atoms with van der Waals surface area (Å²) in [5.74, 6) is 0.208. The minimum absolute atomic E-state index is 0.0310. The number of hydrogen-bond donors (Lipinski definition) is 1. The maximum absolute atomic E-state index is 13.7. The summed E-state index contributed by atoms with van der Waals surface area (Å²) in [5.41, 5.74) is 0.0323. The van der Waals surface area contributed by atoms with Gasteiger partial charge in [0, 0.05) is 12.1 Å². The Labute approximate surface area is 175 Å². The number of hydrogen-bond acceptors (Lipinski definition) is 5. The zero-order chi connectivity index (χ0) is 20.1. The highest BCUT2D eigenvalue weighted by Crippen LogP contribution is 2.25. The molecule has 0 spiro atoms. The van der Waals surface area contributed by atoms with Crippen LogP contribution in [0.4, 0.5) is 10.1 Å². The molecule has 1 aromatic heterocycles. The number of thioether (sulfide) groups is 1. The summed E-state index contributed by atoms with van der Waals surface area (Å²) < 4.78 is 21.0. The van der Waals surface area contributed by atoms with Gasteiger partial charge in [0.15, 0.2) is 11.0 Å². The van der Waals surface area contributed by atoms with E-state index in [4.69, 9.17) is 27.9 Å². The average Bonchev–Trinajstić information content (AvgIpc) is 3.02. The van der Waals surface area contributed by atoms with Gasteiger partial charge in [-0.15, -0.1) is 10.2 Å². The van der Waals surface area contributed by atoms with Gasteiger partial charge < -0.3 is 14.6 Å². The fourth-order valence-electron chi connectivity index (χ4n) is 2.21. The first-order valence-corrected chi connectivity index (χ1v) is 9.81. The van der Waals surface area contributed by atoms with E-state index in [9.17, 15) is 9.18 Å². The second-order valence-corrected chi connectivity index (χ2v) is 7.42. The Bertz CT molecular complexity index is 999. The predicted molar refractivity (Wildman–Crippen MR) is 108 cm³/mol. The first-order valence-electron chi connectivity index (χ1n) is 8.07. The molecule has 0 aliphatic rings. The predicted octanol–water partition coefficient (Wildman–Crippen LogP) is 4.57. The summed E-state index contributed by atoms with van der Waals surface area (Å²) in [6.45, 7) is 0.174. The van der Waals surface area contributed by atoms with E-state index in [-0.39, 0.29) is 24.0 Å². The maximum Gasteiger partial charge on any atom is 0.234 e. The molecule has 2 aromatic carbocycles. The van der Waals surface area contributed by atoms with Crippen molar-refractivity contribution in [3.63, 3.8) is 0 Å². The molecule has 0 radical (unpaired) electrons. The second-order valence-electron chi connectivity index (χ2n) is 5.64. The van der Waals surface area contributed by atoms with Crippen molar-refractivity contribution in [3.8, 4) is 5.75 Å². The Morgan fingerprint density at radius 1 is 1.25 bits per heavy atom. The molecule has 0 unspecified atom stereocenters. The highest BCUT2D eigenvalue weighted by molar-refractivity contribution is 7.99. The molecule has 3 aromatic rings. The zero-order valence-electron chi connectivity index (χ0n) is 14.7. The molecular formula is C18H15Cl2FN4O2S. The highest BCUT2D eigenvalue weighted by atomic mass is 35.5. The van der Waals surface area contributed by atoms with Crippen LogP contribution in [-0.2, 0) is 18.4 Å². The number of para-hydroxylation sites is 1. The normalized spacial score (nSPS) is 10.7. The summed E-state index contributed by atoms with van der Waals surface area (Å²) in [5, 5.41) is 12.0. The average molecular weight is 441 g/mol. The van der Waals surface area contributed by atoms with E-state index >= 15 is 0 Å². The number of amides is 1. The number of rotatable bonds is 7. The van der Waals surface area contributed by atoms with Crippen LogP contribution < -0.4 is 10.1 Å². The molecule has 0 bridgehead atoms. The molecule has 0 saturated heterocycles. The Morgan fingerprint density at radius 2 is 2.04 bits per heavy atom. The molecule has 6 nitrogen and oxygen atoms in total. The van der Waals surface area contributed by atoms with Gasteiger partial charge in [-0.1, -0.05) is 47.1 Å². The molecule has 1 amide bonds. The molecule has 0 fully saturated rings. The van der Waals surface area contributed by atoms with Gasteiger partial charge in [0.1, 0.15) is 18.2 Å². The van der Waals surface area contributed by atoms with Crippen LogP contribution in [0.3, 0.4) is 0 Å². The van der Waals surface area contributed by atoms with Crippen molar-refractivity contribution in [1.82, 2.24) is 14.8 Å². The van der Waals surface area contributed by atoms with Gasteiger partial charge in [-0.2, -0.15) is 0 Å². The number of anilines is 1. The van der Waals surface area contributed by atoms with Crippen LogP contribution in [0.15, 0.2) is 47.6 Å². The third-order valence-electron chi connectivity index (χ3n) is 3.65. The number of nitrogens with one attached hydrogen (secondary N) is 1. The number of nitrogens with zero attached hydrogens (tertiary/aromatic N) is 3. The molecule has 28 heavy (non-hydrogen) atoms. The summed E-state index contributed by atoms with van der Waals surface area (Å²) in [7, 11) is 1.77. The van der Waals surface area contributed by atoms with E-state index in [0.717, 1.165) is 0 Å². The lowest BCUT2D eigenvalue weighted by atomic mass is 10.3. The molecule has 0 saturated carbocycles. The fourth-order valence-corrected chi connectivity index (χ4v) is 3.30. The van der Waals surface area contributed by atoms with Crippen LogP contribution in [0.5, 0.6) is 5.75 Å². The third kappa shape index (κ3) is 5.15. The van der Waals surface area contributed by atoms with E-state index in [1.807, 2.05) is 12.1 Å². The Balaban J connectivity index is 1.56. The van der Waals surface area contributed by atoms with Gasteiger partial charge in [-0.05, 0) is 30.3 Å². The lowest BCUT2D eigenvalue weighted by Gasteiger charge is -2.08. The molecule has 3 rings (SSSR count). The summed E-state index contributed by atoms with van der Waals surface area (Å²) >= 11 is 13.0. The molecule has 146 valence electrons. The van der Waals surface area contributed by atoms with Crippen LogP contribution in [-0.4, -0.2) is 26.4 Å². The first-order chi connectivity index (χ1) is 13.4. The van der Waals surface area contributed by atoms with Crippen LogP contribution in [0, 0.1) is 5.82 Å². The molecule has 0 aliphatic carbocycles. The largest absolute Gasteiger partial charge is 0.484 e. The van der Waals surface area contributed by atoms with Gasteiger partial charge in [-0.25, -0.2) is 4.39 Å². The van der Waals surface area contributed by atoms with Crippen LogP contribution in [0.25, 0.3) is 0 Å². The van der Waals surface area contributed by atoms with Gasteiger partial charge in [0.25, 0.3) is 0 Å². The highest BCUT2D eigenvalue weighted by Gasteiger charge is 2.14. The monoisotopic (exact) mass is 440 g/mol. The fraction of sp³-hybridized carbons (Fsp3) is 0.167. The molecule has 1 N–H and O–H groups in total. The molecule has 10 heteroatoms.